The van der Waals surface area contributed by atoms with E-state index in [0.717, 1.165) is 6.42 Å². The average molecular weight is 259 g/mol. The van der Waals surface area contributed by atoms with Crippen molar-refractivity contribution < 1.29 is 14.7 Å². The maximum absolute atomic E-state index is 11.8. The van der Waals surface area contributed by atoms with E-state index in [0.29, 0.717) is 11.8 Å². The molecule has 4 nitrogen and oxygen atoms in total. The van der Waals surface area contributed by atoms with Crippen LogP contribution < -0.4 is 5.32 Å². The zero-order valence-corrected chi connectivity index (χ0v) is 11.6. The second-order valence-electron chi connectivity index (χ2n) is 5.24. The Kier molecular flexibility index (Phi) is 4.47. The smallest absolute Gasteiger partial charge is 0.307 e. The number of rotatable bonds is 6. The monoisotopic (exact) mass is 259 g/mol. The minimum Gasteiger partial charge on any atom is -0.481 e. The third-order valence-corrected chi connectivity index (χ3v) is 4.67. The summed E-state index contributed by atoms with van der Waals surface area (Å²) in [5, 5.41) is 12.3. The lowest BCUT2D eigenvalue weighted by molar-refractivity contribution is -0.140. The minimum atomic E-state index is -0.868. The van der Waals surface area contributed by atoms with Gasteiger partial charge in [0.05, 0.1) is 11.8 Å². The summed E-state index contributed by atoms with van der Waals surface area (Å²) in [6.07, 6.45) is 2.95. The summed E-state index contributed by atoms with van der Waals surface area (Å²) in [6.45, 7) is 6.40. The van der Waals surface area contributed by atoms with Crippen LogP contribution in [-0.4, -0.2) is 35.0 Å². The maximum Gasteiger partial charge on any atom is 0.307 e. The molecule has 98 valence electrons. The second-order valence-corrected chi connectivity index (χ2v) is 6.52. The molecule has 1 fully saturated rings. The van der Waals surface area contributed by atoms with Gasteiger partial charge in [0.25, 0.3) is 0 Å². The summed E-state index contributed by atoms with van der Waals surface area (Å²) in [5.41, 5.74) is -0.402. The Balaban J connectivity index is 2.38. The Hall–Kier alpha value is -0.710. The maximum atomic E-state index is 11.8. The quantitative estimate of drug-likeness (QED) is 0.760. The van der Waals surface area contributed by atoms with Gasteiger partial charge in [0.15, 0.2) is 0 Å². The first kappa shape index (κ1) is 14.4. The molecule has 0 saturated heterocycles. The summed E-state index contributed by atoms with van der Waals surface area (Å²) < 4.78 is 0. The van der Waals surface area contributed by atoms with E-state index in [-0.39, 0.29) is 11.8 Å². The number of amides is 1. The fourth-order valence-electron chi connectivity index (χ4n) is 2.21. The van der Waals surface area contributed by atoms with Crippen LogP contribution in [0.3, 0.4) is 0 Å². The minimum absolute atomic E-state index is 0.115. The number of thioether (sulfide) groups is 1. The molecule has 1 rings (SSSR count). The van der Waals surface area contributed by atoms with E-state index >= 15 is 0 Å². The molecule has 0 aromatic carbocycles. The van der Waals surface area contributed by atoms with E-state index in [1.165, 1.54) is 0 Å². The van der Waals surface area contributed by atoms with Crippen molar-refractivity contribution in [1.29, 1.82) is 0 Å². The normalized spacial score (nSPS) is 27.3. The van der Waals surface area contributed by atoms with Gasteiger partial charge in [-0.05, 0) is 18.1 Å². The molecule has 1 amide bonds. The van der Waals surface area contributed by atoms with Crippen LogP contribution in [0, 0.1) is 17.3 Å². The van der Waals surface area contributed by atoms with E-state index in [4.69, 9.17) is 5.11 Å². The molecule has 0 aromatic heterocycles. The molecule has 0 aromatic rings. The molecule has 0 radical (unpaired) electrons. The number of carbonyl (C=O) groups excluding carboxylic acids is 1. The summed E-state index contributed by atoms with van der Waals surface area (Å²) in [5.74, 6) is -1.88. The molecule has 1 aliphatic carbocycles. The number of carbonyl (C=O) groups is 2. The zero-order chi connectivity index (χ0) is 13.2. The molecule has 0 bridgehead atoms. The van der Waals surface area contributed by atoms with Crippen LogP contribution in [0.15, 0.2) is 0 Å². The van der Waals surface area contributed by atoms with Crippen LogP contribution >= 0.6 is 11.8 Å². The third-order valence-electron chi connectivity index (χ3n) is 3.63. The van der Waals surface area contributed by atoms with E-state index in [2.05, 4.69) is 12.2 Å². The van der Waals surface area contributed by atoms with Gasteiger partial charge in [-0.2, -0.15) is 11.8 Å². The summed E-state index contributed by atoms with van der Waals surface area (Å²) in [6, 6.07) is 0. The lowest BCUT2D eigenvalue weighted by atomic mass is 10.1. The molecule has 1 saturated carbocycles. The van der Waals surface area contributed by atoms with Gasteiger partial charge in [-0.1, -0.05) is 20.8 Å². The Labute approximate surface area is 107 Å². The number of nitrogens with one attached hydrogen (secondary N) is 1. The molecule has 1 aliphatic rings. The van der Waals surface area contributed by atoms with Crippen LogP contribution in [0.4, 0.5) is 0 Å². The van der Waals surface area contributed by atoms with Crippen molar-refractivity contribution >= 4 is 23.6 Å². The van der Waals surface area contributed by atoms with Crippen molar-refractivity contribution in [3.63, 3.8) is 0 Å². The second kappa shape index (κ2) is 5.29. The van der Waals surface area contributed by atoms with Crippen molar-refractivity contribution in [2.75, 3.05) is 12.8 Å². The number of carboxylic acid groups (broad SMARTS) is 1. The molecule has 2 N–H and O–H groups in total. The first-order chi connectivity index (χ1) is 7.82. The lowest BCUT2D eigenvalue weighted by Crippen LogP contribution is -2.29. The molecule has 0 heterocycles. The number of carboxylic acids is 1. The fourth-order valence-corrected chi connectivity index (χ4v) is 2.57. The van der Waals surface area contributed by atoms with Crippen molar-refractivity contribution in [2.45, 2.75) is 32.4 Å². The SMILES string of the molecule is CSC(C)CCNC(=O)[C@H]1[C@@H](C(=O)O)C1(C)C. The summed E-state index contributed by atoms with van der Waals surface area (Å²) in [4.78, 5) is 22.8. The highest BCUT2D eigenvalue weighted by Gasteiger charge is 2.65. The van der Waals surface area contributed by atoms with Gasteiger partial charge < -0.3 is 10.4 Å². The Morgan fingerprint density at radius 3 is 2.41 bits per heavy atom. The van der Waals surface area contributed by atoms with Gasteiger partial charge in [-0.3, -0.25) is 9.59 Å². The third kappa shape index (κ3) is 3.15. The Bertz CT molecular complexity index is 317. The topological polar surface area (TPSA) is 66.4 Å². The van der Waals surface area contributed by atoms with Gasteiger partial charge in [0.2, 0.25) is 5.91 Å². The van der Waals surface area contributed by atoms with Crippen molar-refractivity contribution in [3.8, 4) is 0 Å². The van der Waals surface area contributed by atoms with Gasteiger partial charge in [-0.15, -0.1) is 0 Å². The molecule has 17 heavy (non-hydrogen) atoms. The summed E-state index contributed by atoms with van der Waals surface area (Å²) >= 11 is 1.76. The number of hydrogen-bond donors (Lipinski definition) is 2. The lowest BCUT2D eigenvalue weighted by Gasteiger charge is -2.09. The van der Waals surface area contributed by atoms with E-state index in [1.807, 2.05) is 20.1 Å². The Morgan fingerprint density at radius 2 is 2.00 bits per heavy atom. The summed E-state index contributed by atoms with van der Waals surface area (Å²) in [7, 11) is 0. The molecule has 3 atom stereocenters. The Morgan fingerprint density at radius 1 is 1.41 bits per heavy atom. The molecular formula is C12H21NO3S. The molecular weight excluding hydrogens is 238 g/mol. The van der Waals surface area contributed by atoms with Crippen molar-refractivity contribution in [3.05, 3.63) is 0 Å². The highest BCUT2D eigenvalue weighted by atomic mass is 32.2. The number of aliphatic carboxylic acids is 1. The largest absolute Gasteiger partial charge is 0.481 e. The van der Waals surface area contributed by atoms with Crippen LogP contribution in [0.1, 0.15) is 27.2 Å². The van der Waals surface area contributed by atoms with E-state index < -0.39 is 17.3 Å². The fraction of sp³-hybridized carbons (Fsp3) is 0.833. The molecule has 1 unspecified atom stereocenters. The van der Waals surface area contributed by atoms with Gasteiger partial charge in [-0.25, -0.2) is 0 Å². The van der Waals surface area contributed by atoms with Crippen molar-refractivity contribution in [1.82, 2.24) is 5.32 Å². The van der Waals surface area contributed by atoms with Gasteiger partial charge in [0, 0.05) is 11.8 Å². The molecule has 0 aliphatic heterocycles. The predicted octanol–water partition coefficient (Wildman–Crippen LogP) is 1.60. The van der Waals surface area contributed by atoms with Crippen LogP contribution in [0.25, 0.3) is 0 Å². The zero-order valence-electron chi connectivity index (χ0n) is 10.8. The average Bonchev–Trinajstić information content (AvgIpc) is 2.81. The molecule has 0 spiro atoms. The highest BCUT2D eigenvalue weighted by molar-refractivity contribution is 7.99. The molecule has 5 heteroatoms. The highest BCUT2D eigenvalue weighted by Crippen LogP contribution is 2.58. The number of hydrogen-bond acceptors (Lipinski definition) is 3. The van der Waals surface area contributed by atoms with E-state index in [1.54, 1.807) is 11.8 Å². The van der Waals surface area contributed by atoms with Crippen molar-refractivity contribution in [2.24, 2.45) is 17.3 Å². The van der Waals surface area contributed by atoms with Gasteiger partial charge >= 0.3 is 5.97 Å². The first-order valence-corrected chi connectivity index (χ1v) is 7.14. The van der Waals surface area contributed by atoms with Crippen LogP contribution in [-0.2, 0) is 9.59 Å². The van der Waals surface area contributed by atoms with E-state index in [9.17, 15) is 9.59 Å². The van der Waals surface area contributed by atoms with Gasteiger partial charge in [0.1, 0.15) is 0 Å². The first-order valence-electron chi connectivity index (χ1n) is 5.85. The van der Waals surface area contributed by atoms with Crippen LogP contribution in [0.2, 0.25) is 0 Å². The predicted molar refractivity (Wildman–Crippen MR) is 69.0 cm³/mol. The van der Waals surface area contributed by atoms with Crippen LogP contribution in [0.5, 0.6) is 0 Å². The standard InChI is InChI=1S/C12H21NO3S/c1-7(17-4)5-6-13-10(14)8-9(11(15)16)12(8,2)3/h7-9H,5-6H2,1-4H3,(H,13,14)(H,15,16)/t7?,8-,9+/m1/s1.